The van der Waals surface area contributed by atoms with Crippen molar-refractivity contribution in [1.29, 1.82) is 0 Å². The first-order valence-corrected chi connectivity index (χ1v) is 10.4. The van der Waals surface area contributed by atoms with Crippen LogP contribution < -0.4 is 10.4 Å². The van der Waals surface area contributed by atoms with E-state index in [0.29, 0.717) is 22.1 Å². The van der Waals surface area contributed by atoms with Crippen molar-refractivity contribution in [1.82, 2.24) is 10.2 Å². The van der Waals surface area contributed by atoms with Crippen molar-refractivity contribution in [2.45, 2.75) is 45.6 Å². The molecular weight excluding hydrogens is 396 g/mol. The minimum absolute atomic E-state index is 0.0276. The van der Waals surface area contributed by atoms with Crippen molar-refractivity contribution in [3.63, 3.8) is 0 Å². The third-order valence-corrected chi connectivity index (χ3v) is 5.66. The van der Waals surface area contributed by atoms with Gasteiger partial charge in [0.2, 0.25) is 5.91 Å². The number of rotatable bonds is 9. The maximum absolute atomic E-state index is 12.6. The summed E-state index contributed by atoms with van der Waals surface area (Å²) in [4.78, 5) is 37.7. The molecule has 0 bridgehead atoms. The van der Waals surface area contributed by atoms with Gasteiger partial charge in [-0.05, 0) is 25.0 Å². The number of carboxylic acids is 1. The van der Waals surface area contributed by atoms with Gasteiger partial charge in [0.05, 0.1) is 16.9 Å². The number of hydrogen-bond donors (Lipinski definition) is 1. The van der Waals surface area contributed by atoms with Gasteiger partial charge in [0.1, 0.15) is 4.32 Å². The third kappa shape index (κ3) is 6.17. The van der Waals surface area contributed by atoms with Crippen LogP contribution >= 0.6 is 24.0 Å². The number of thiocarbonyl (C=S) groups is 1. The third-order valence-electron chi connectivity index (χ3n) is 4.28. The van der Waals surface area contributed by atoms with E-state index < -0.39 is 17.9 Å². The smallest absolute Gasteiger partial charge is 0.266 e. The summed E-state index contributed by atoms with van der Waals surface area (Å²) in [6.07, 6.45) is 3.57. The van der Waals surface area contributed by atoms with E-state index in [1.807, 2.05) is 38.1 Å². The standard InChI is InChI=1S/C20H24N2O4S2/c1-3-4-5-15(19(25)26)21-17(23)10-11-22-18(24)16(28-20(22)27)12-14-8-6-13(2)7-9-14/h6-9,12,15H,3-5,10-11H2,1-2H3,(H,21,23)(H,25,26)/p-1/b16-12+/t15-/m1/s1. The fraction of sp³-hybridized carbons (Fsp3) is 0.400. The fourth-order valence-corrected chi connectivity index (χ4v) is 3.95. The molecule has 150 valence electrons. The van der Waals surface area contributed by atoms with Crippen molar-refractivity contribution >= 4 is 52.2 Å². The van der Waals surface area contributed by atoms with Gasteiger partial charge in [-0.25, -0.2) is 0 Å². The van der Waals surface area contributed by atoms with Gasteiger partial charge >= 0.3 is 0 Å². The number of nitrogens with one attached hydrogen (secondary N) is 1. The van der Waals surface area contributed by atoms with E-state index in [4.69, 9.17) is 12.2 Å². The number of carboxylic acid groups (broad SMARTS) is 1. The molecule has 28 heavy (non-hydrogen) atoms. The first kappa shape index (κ1) is 22.1. The zero-order chi connectivity index (χ0) is 20.7. The van der Waals surface area contributed by atoms with Crippen LogP contribution in [0.15, 0.2) is 29.2 Å². The number of thioether (sulfide) groups is 1. The lowest BCUT2D eigenvalue weighted by atomic mass is 10.1. The van der Waals surface area contributed by atoms with Gasteiger partial charge in [0, 0.05) is 13.0 Å². The molecule has 2 rings (SSSR count). The Kier molecular flexibility index (Phi) is 8.19. The molecule has 0 radical (unpaired) electrons. The molecule has 0 unspecified atom stereocenters. The van der Waals surface area contributed by atoms with E-state index in [0.717, 1.165) is 17.5 Å². The summed E-state index contributed by atoms with van der Waals surface area (Å²) < 4.78 is 0.388. The Balaban J connectivity index is 1.94. The second-order valence-corrected chi connectivity index (χ2v) is 8.25. The first-order chi connectivity index (χ1) is 13.3. The average molecular weight is 420 g/mol. The normalized spacial score (nSPS) is 16.5. The van der Waals surface area contributed by atoms with E-state index in [1.165, 1.54) is 16.7 Å². The predicted octanol–water partition coefficient (Wildman–Crippen LogP) is 2.01. The lowest BCUT2D eigenvalue weighted by Gasteiger charge is -2.20. The van der Waals surface area contributed by atoms with Crippen LogP contribution in [0.1, 0.15) is 43.7 Å². The molecule has 1 N–H and O–H groups in total. The van der Waals surface area contributed by atoms with E-state index >= 15 is 0 Å². The van der Waals surface area contributed by atoms with E-state index in [2.05, 4.69) is 5.32 Å². The predicted molar refractivity (Wildman–Crippen MR) is 112 cm³/mol. The zero-order valence-corrected chi connectivity index (χ0v) is 17.5. The van der Waals surface area contributed by atoms with Crippen LogP contribution in [0, 0.1) is 6.92 Å². The Hall–Kier alpha value is -2.19. The SMILES string of the molecule is CCCC[C@@H](NC(=O)CCN1C(=O)/C(=C\c2ccc(C)cc2)SC1=S)C(=O)[O-]. The highest BCUT2D eigenvalue weighted by Gasteiger charge is 2.32. The van der Waals surface area contributed by atoms with E-state index in [1.54, 1.807) is 6.08 Å². The van der Waals surface area contributed by atoms with Crippen LogP contribution in [0.5, 0.6) is 0 Å². The number of carbonyl (C=O) groups excluding carboxylic acids is 3. The lowest BCUT2D eigenvalue weighted by Crippen LogP contribution is -2.48. The van der Waals surface area contributed by atoms with Crippen molar-refractivity contribution in [3.05, 3.63) is 40.3 Å². The molecule has 1 saturated heterocycles. The lowest BCUT2D eigenvalue weighted by molar-refractivity contribution is -0.308. The van der Waals surface area contributed by atoms with Gasteiger partial charge in [0.25, 0.3) is 5.91 Å². The quantitative estimate of drug-likeness (QED) is 0.487. The topological polar surface area (TPSA) is 89.5 Å². The van der Waals surface area contributed by atoms with Crippen LogP contribution in [-0.2, 0) is 14.4 Å². The summed E-state index contributed by atoms with van der Waals surface area (Å²) in [7, 11) is 0. The Morgan fingerprint density at radius 2 is 2.00 bits per heavy atom. The van der Waals surface area contributed by atoms with Gasteiger partial charge in [-0.2, -0.15) is 0 Å². The molecule has 1 fully saturated rings. The zero-order valence-electron chi connectivity index (χ0n) is 15.9. The molecule has 6 nitrogen and oxygen atoms in total. The van der Waals surface area contributed by atoms with Crippen molar-refractivity contribution < 1.29 is 19.5 Å². The number of amides is 2. The molecule has 1 aliphatic heterocycles. The Bertz CT molecular complexity index is 790. The highest BCUT2D eigenvalue weighted by molar-refractivity contribution is 8.26. The van der Waals surface area contributed by atoms with Crippen LogP contribution in [0.25, 0.3) is 6.08 Å². The molecule has 2 amide bonds. The molecular formula is C20H23N2O4S2-. The number of aryl methyl sites for hydroxylation is 1. The maximum Gasteiger partial charge on any atom is 0.266 e. The van der Waals surface area contributed by atoms with E-state index in [-0.39, 0.29) is 18.9 Å². The largest absolute Gasteiger partial charge is 0.548 e. The first-order valence-electron chi connectivity index (χ1n) is 9.14. The van der Waals surface area contributed by atoms with E-state index in [9.17, 15) is 19.5 Å². The average Bonchev–Trinajstić information content (AvgIpc) is 2.91. The van der Waals surface area contributed by atoms with Gasteiger partial charge < -0.3 is 15.2 Å². The molecule has 0 aromatic heterocycles. The molecule has 0 aliphatic carbocycles. The molecule has 8 heteroatoms. The molecule has 1 aromatic rings. The maximum atomic E-state index is 12.6. The summed E-state index contributed by atoms with van der Waals surface area (Å²) in [6.45, 7) is 4.03. The van der Waals surface area contributed by atoms with Crippen molar-refractivity contribution in [3.8, 4) is 0 Å². The van der Waals surface area contributed by atoms with Crippen LogP contribution in [0.3, 0.4) is 0 Å². The molecule has 1 aromatic carbocycles. The van der Waals surface area contributed by atoms with Crippen LogP contribution in [-0.4, -0.2) is 39.6 Å². The summed E-state index contributed by atoms with van der Waals surface area (Å²) in [6, 6.07) is 6.75. The molecule has 0 spiro atoms. The number of benzene rings is 1. The van der Waals surface area contributed by atoms with Crippen molar-refractivity contribution in [2.75, 3.05) is 6.54 Å². The molecule has 1 atom stereocenters. The number of unbranched alkanes of at least 4 members (excludes halogenated alkanes) is 1. The summed E-state index contributed by atoms with van der Waals surface area (Å²) in [5.74, 6) is -1.99. The molecule has 0 saturated carbocycles. The monoisotopic (exact) mass is 419 g/mol. The molecule has 1 heterocycles. The van der Waals surface area contributed by atoms with Gasteiger partial charge in [-0.1, -0.05) is 73.6 Å². The summed E-state index contributed by atoms with van der Waals surface area (Å²) in [5, 5.41) is 13.6. The Labute approximate surface area is 174 Å². The van der Waals surface area contributed by atoms with Gasteiger partial charge in [0.15, 0.2) is 0 Å². The summed E-state index contributed by atoms with van der Waals surface area (Å²) in [5.41, 5.74) is 2.03. The fourth-order valence-electron chi connectivity index (χ4n) is 2.64. The minimum atomic E-state index is -1.30. The number of aliphatic carboxylic acids is 1. The second-order valence-electron chi connectivity index (χ2n) is 6.58. The van der Waals surface area contributed by atoms with Crippen LogP contribution in [0.2, 0.25) is 0 Å². The Morgan fingerprint density at radius 1 is 1.32 bits per heavy atom. The van der Waals surface area contributed by atoms with Crippen molar-refractivity contribution in [2.24, 2.45) is 0 Å². The summed E-state index contributed by atoms with van der Waals surface area (Å²) >= 11 is 6.46. The minimum Gasteiger partial charge on any atom is -0.548 e. The molecule has 1 aliphatic rings. The highest BCUT2D eigenvalue weighted by atomic mass is 32.2. The second kappa shape index (κ2) is 10.4. The number of nitrogens with zero attached hydrogens (tertiary/aromatic N) is 1. The number of carbonyl (C=O) groups is 3. The highest BCUT2D eigenvalue weighted by Crippen LogP contribution is 2.32. The number of hydrogen-bond acceptors (Lipinski definition) is 6. The van der Waals surface area contributed by atoms with Gasteiger partial charge in [-0.15, -0.1) is 0 Å². The Morgan fingerprint density at radius 3 is 2.61 bits per heavy atom. The van der Waals surface area contributed by atoms with Gasteiger partial charge in [-0.3, -0.25) is 14.5 Å². The van der Waals surface area contributed by atoms with Crippen LogP contribution in [0.4, 0.5) is 0 Å².